The molecule has 1 aromatic rings. The van der Waals surface area contributed by atoms with E-state index in [0.29, 0.717) is 25.2 Å². The lowest BCUT2D eigenvalue weighted by Crippen LogP contribution is -2.46. The normalized spacial score (nSPS) is 17.7. The second-order valence-corrected chi connectivity index (χ2v) is 4.75. The number of nitrogens with zero attached hydrogens (tertiary/aromatic N) is 2. The third-order valence-corrected chi connectivity index (χ3v) is 3.27. The molecule has 0 spiro atoms. The lowest BCUT2D eigenvalue weighted by Gasteiger charge is -2.31. The molecule has 1 heterocycles. The predicted molar refractivity (Wildman–Crippen MR) is 64.6 cm³/mol. The summed E-state index contributed by atoms with van der Waals surface area (Å²) in [6, 6.07) is 1.04. The Labute approximate surface area is 109 Å². The van der Waals surface area contributed by atoms with E-state index in [4.69, 9.17) is 0 Å². The van der Waals surface area contributed by atoms with Gasteiger partial charge in [0.2, 0.25) is 0 Å². The number of carbonyl (C=O) groups excluding carboxylic acids is 1. The van der Waals surface area contributed by atoms with E-state index in [0.717, 1.165) is 13.1 Å². The van der Waals surface area contributed by atoms with E-state index in [1.54, 1.807) is 0 Å². The second kappa shape index (κ2) is 5.71. The van der Waals surface area contributed by atoms with Crippen LogP contribution in [0.3, 0.4) is 0 Å². The van der Waals surface area contributed by atoms with Crippen LogP contribution < -0.4 is 0 Å². The standard InChI is InChI=1S/C13H15F3N2O/c1-17-2-4-18(5-3-17)8-13(19)9-6-11(15)12(16)7-10(9)14/h6-7H,2-5,8H2,1H3. The van der Waals surface area contributed by atoms with E-state index in [9.17, 15) is 18.0 Å². The quantitative estimate of drug-likeness (QED) is 0.616. The maximum absolute atomic E-state index is 13.4. The van der Waals surface area contributed by atoms with Crippen molar-refractivity contribution in [3.63, 3.8) is 0 Å². The summed E-state index contributed by atoms with van der Waals surface area (Å²) in [5, 5.41) is 0. The maximum Gasteiger partial charge on any atom is 0.179 e. The summed E-state index contributed by atoms with van der Waals surface area (Å²) in [6.07, 6.45) is 0. The minimum Gasteiger partial charge on any atom is -0.304 e. The number of Topliss-reactive ketones (excluding diaryl/α,β-unsaturated/α-hetero) is 1. The van der Waals surface area contributed by atoms with Crippen LogP contribution in [-0.2, 0) is 0 Å². The molecule has 0 aliphatic carbocycles. The summed E-state index contributed by atoms with van der Waals surface area (Å²) in [4.78, 5) is 15.9. The van der Waals surface area contributed by atoms with Crippen LogP contribution in [0.4, 0.5) is 13.2 Å². The fraction of sp³-hybridized carbons (Fsp3) is 0.462. The van der Waals surface area contributed by atoms with Gasteiger partial charge in [-0.2, -0.15) is 0 Å². The summed E-state index contributed by atoms with van der Waals surface area (Å²) >= 11 is 0. The van der Waals surface area contributed by atoms with Crippen molar-refractivity contribution in [1.82, 2.24) is 9.80 Å². The third kappa shape index (κ3) is 3.33. The molecule has 0 atom stereocenters. The van der Waals surface area contributed by atoms with E-state index in [1.807, 2.05) is 11.9 Å². The van der Waals surface area contributed by atoms with Crippen LogP contribution >= 0.6 is 0 Å². The molecule has 0 radical (unpaired) electrons. The van der Waals surface area contributed by atoms with Gasteiger partial charge in [0.05, 0.1) is 12.1 Å². The van der Waals surface area contributed by atoms with Gasteiger partial charge in [-0.3, -0.25) is 9.69 Å². The molecule has 1 aromatic carbocycles. The van der Waals surface area contributed by atoms with Gasteiger partial charge in [0.1, 0.15) is 5.82 Å². The molecular formula is C13H15F3N2O. The molecule has 1 aliphatic heterocycles. The average molecular weight is 272 g/mol. The largest absolute Gasteiger partial charge is 0.304 e. The molecule has 104 valence electrons. The summed E-state index contributed by atoms with van der Waals surface area (Å²) in [7, 11) is 1.98. The van der Waals surface area contributed by atoms with Crippen molar-refractivity contribution in [3.05, 3.63) is 35.1 Å². The van der Waals surface area contributed by atoms with Crippen LogP contribution in [0, 0.1) is 17.5 Å². The fourth-order valence-electron chi connectivity index (χ4n) is 2.03. The van der Waals surface area contributed by atoms with Crippen LogP contribution in [0.25, 0.3) is 0 Å². The number of halogens is 3. The Hall–Kier alpha value is -1.40. The minimum absolute atomic E-state index is 0.0236. The molecule has 3 nitrogen and oxygen atoms in total. The van der Waals surface area contributed by atoms with Crippen molar-refractivity contribution in [2.75, 3.05) is 39.8 Å². The minimum atomic E-state index is -1.28. The topological polar surface area (TPSA) is 23.6 Å². The Balaban J connectivity index is 2.06. The lowest BCUT2D eigenvalue weighted by molar-refractivity contribution is 0.0872. The van der Waals surface area contributed by atoms with Crippen LogP contribution in [-0.4, -0.2) is 55.4 Å². The number of carbonyl (C=O) groups is 1. The molecule has 19 heavy (non-hydrogen) atoms. The molecule has 2 rings (SSSR count). The van der Waals surface area contributed by atoms with Crippen molar-refractivity contribution in [3.8, 4) is 0 Å². The summed E-state index contributed by atoms with van der Waals surface area (Å²) in [5.74, 6) is -4.03. The average Bonchev–Trinajstić information content (AvgIpc) is 2.36. The maximum atomic E-state index is 13.4. The zero-order valence-electron chi connectivity index (χ0n) is 10.6. The Bertz CT molecular complexity index is 485. The number of ketones is 1. The first-order valence-corrected chi connectivity index (χ1v) is 6.06. The zero-order chi connectivity index (χ0) is 14.0. The van der Waals surface area contributed by atoms with E-state index in [-0.39, 0.29) is 6.54 Å². The van der Waals surface area contributed by atoms with Crippen molar-refractivity contribution >= 4 is 5.78 Å². The van der Waals surface area contributed by atoms with Crippen LogP contribution in [0.1, 0.15) is 10.4 Å². The number of hydrogen-bond acceptors (Lipinski definition) is 3. The van der Waals surface area contributed by atoms with Gasteiger partial charge in [-0.05, 0) is 13.1 Å². The number of likely N-dealkylation sites (N-methyl/N-ethyl adjacent to an activating group) is 1. The first-order valence-electron chi connectivity index (χ1n) is 6.06. The molecule has 1 saturated heterocycles. The van der Waals surface area contributed by atoms with Gasteiger partial charge in [-0.15, -0.1) is 0 Å². The van der Waals surface area contributed by atoms with E-state index < -0.39 is 28.8 Å². The highest BCUT2D eigenvalue weighted by atomic mass is 19.2. The second-order valence-electron chi connectivity index (χ2n) is 4.75. The van der Waals surface area contributed by atoms with Crippen LogP contribution in [0.5, 0.6) is 0 Å². The molecular weight excluding hydrogens is 257 g/mol. The number of hydrogen-bond donors (Lipinski definition) is 0. The van der Waals surface area contributed by atoms with Crippen molar-refractivity contribution < 1.29 is 18.0 Å². The molecule has 6 heteroatoms. The van der Waals surface area contributed by atoms with Gasteiger partial charge >= 0.3 is 0 Å². The fourth-order valence-corrected chi connectivity index (χ4v) is 2.03. The van der Waals surface area contributed by atoms with Gasteiger partial charge in [0.15, 0.2) is 17.4 Å². The van der Waals surface area contributed by atoms with E-state index in [2.05, 4.69) is 4.90 Å². The molecule has 0 N–H and O–H groups in total. The highest BCUT2D eigenvalue weighted by molar-refractivity contribution is 5.97. The molecule has 0 bridgehead atoms. The smallest absolute Gasteiger partial charge is 0.179 e. The Morgan fingerprint density at radius 2 is 1.63 bits per heavy atom. The number of piperazine rings is 1. The highest BCUT2D eigenvalue weighted by Crippen LogP contribution is 2.15. The first kappa shape index (κ1) is 14.0. The van der Waals surface area contributed by atoms with Gasteiger partial charge in [0.25, 0.3) is 0 Å². The molecule has 1 aliphatic rings. The molecule has 0 amide bonds. The highest BCUT2D eigenvalue weighted by Gasteiger charge is 2.21. The predicted octanol–water partition coefficient (Wildman–Crippen LogP) is 1.53. The Morgan fingerprint density at radius 3 is 2.26 bits per heavy atom. The van der Waals surface area contributed by atoms with Crippen LogP contribution in [0.15, 0.2) is 12.1 Å². The van der Waals surface area contributed by atoms with E-state index in [1.165, 1.54) is 0 Å². The van der Waals surface area contributed by atoms with E-state index >= 15 is 0 Å². The lowest BCUT2D eigenvalue weighted by atomic mass is 10.1. The third-order valence-electron chi connectivity index (χ3n) is 3.27. The molecule has 0 saturated carbocycles. The Kier molecular flexibility index (Phi) is 4.21. The van der Waals surface area contributed by atoms with Crippen molar-refractivity contribution in [2.45, 2.75) is 0 Å². The van der Waals surface area contributed by atoms with Gasteiger partial charge in [-0.1, -0.05) is 0 Å². The van der Waals surface area contributed by atoms with Gasteiger partial charge in [-0.25, -0.2) is 13.2 Å². The Morgan fingerprint density at radius 1 is 1.05 bits per heavy atom. The van der Waals surface area contributed by atoms with Crippen molar-refractivity contribution in [2.24, 2.45) is 0 Å². The summed E-state index contributed by atoms with van der Waals surface area (Å²) in [6.45, 7) is 3.08. The summed E-state index contributed by atoms with van der Waals surface area (Å²) in [5.41, 5.74) is -0.391. The number of benzene rings is 1. The molecule has 0 aromatic heterocycles. The van der Waals surface area contributed by atoms with Gasteiger partial charge < -0.3 is 4.90 Å². The van der Waals surface area contributed by atoms with Crippen molar-refractivity contribution in [1.29, 1.82) is 0 Å². The number of rotatable bonds is 3. The van der Waals surface area contributed by atoms with Gasteiger partial charge in [0, 0.05) is 32.2 Å². The monoisotopic (exact) mass is 272 g/mol. The molecule has 1 fully saturated rings. The zero-order valence-corrected chi connectivity index (χ0v) is 10.6. The molecule has 0 unspecified atom stereocenters. The summed E-state index contributed by atoms with van der Waals surface area (Å²) < 4.78 is 39.3. The first-order chi connectivity index (χ1) is 8.97. The SMILES string of the molecule is CN1CCN(CC(=O)c2cc(F)c(F)cc2F)CC1. The van der Waals surface area contributed by atoms with Crippen LogP contribution in [0.2, 0.25) is 0 Å².